The Labute approximate surface area is 167 Å². The van der Waals surface area contributed by atoms with E-state index in [0.717, 1.165) is 21.6 Å². The van der Waals surface area contributed by atoms with Crippen molar-refractivity contribution in [1.29, 1.82) is 0 Å². The Hall–Kier alpha value is -3.06. The first-order valence-corrected chi connectivity index (χ1v) is 9.67. The smallest absolute Gasteiger partial charge is 0.316 e. The summed E-state index contributed by atoms with van der Waals surface area (Å²) in [7, 11) is 0. The molecule has 1 N–H and O–H groups in total. The molecule has 2 aromatic carbocycles. The van der Waals surface area contributed by atoms with Crippen molar-refractivity contribution in [3.63, 3.8) is 0 Å². The number of aromatic nitrogens is 1. The maximum absolute atomic E-state index is 12.0. The highest BCUT2D eigenvalue weighted by atomic mass is 32.2. The van der Waals surface area contributed by atoms with Gasteiger partial charge in [0.25, 0.3) is 5.91 Å². The predicted molar refractivity (Wildman–Crippen MR) is 108 cm³/mol. The van der Waals surface area contributed by atoms with Crippen LogP contribution in [0.3, 0.4) is 0 Å². The third kappa shape index (κ3) is 5.47. The number of ether oxygens (including phenoxy) is 1. The molecule has 0 radical (unpaired) electrons. The Morgan fingerprint density at radius 3 is 2.61 bits per heavy atom. The molecule has 0 atom stereocenters. The summed E-state index contributed by atoms with van der Waals surface area (Å²) in [6, 6.07) is 17.2. The number of benzene rings is 2. The Kier molecular flexibility index (Phi) is 6.49. The molecule has 3 aromatic rings. The first-order chi connectivity index (χ1) is 13.5. The lowest BCUT2D eigenvalue weighted by Crippen LogP contribution is -2.21. The van der Waals surface area contributed by atoms with Crippen LogP contribution in [0.4, 0.5) is 5.88 Å². The fourth-order valence-corrected chi connectivity index (χ4v) is 3.24. The first-order valence-electron chi connectivity index (χ1n) is 8.69. The molecule has 1 amide bonds. The number of hydrogen-bond donors (Lipinski definition) is 1. The van der Waals surface area contributed by atoms with Gasteiger partial charge in [0.2, 0.25) is 5.88 Å². The van der Waals surface area contributed by atoms with E-state index >= 15 is 0 Å². The van der Waals surface area contributed by atoms with Crippen molar-refractivity contribution in [3.8, 4) is 11.3 Å². The van der Waals surface area contributed by atoms with Gasteiger partial charge in [-0.1, -0.05) is 53.2 Å². The third-order valence-electron chi connectivity index (χ3n) is 3.92. The molecule has 0 unspecified atom stereocenters. The molecule has 0 aliphatic rings. The van der Waals surface area contributed by atoms with Crippen molar-refractivity contribution in [2.45, 2.75) is 18.7 Å². The molecule has 0 aliphatic heterocycles. The Balaban J connectivity index is 1.45. The monoisotopic (exact) mass is 396 g/mol. The average molecular weight is 396 g/mol. The number of hydrogen-bond acceptors (Lipinski definition) is 6. The fourth-order valence-electron chi connectivity index (χ4n) is 2.41. The SMILES string of the molecule is Cc1ccc(-c2cc(NC(=O)COC(=O)CSc3ccccc3C)on2)cc1. The Morgan fingerprint density at radius 2 is 1.86 bits per heavy atom. The number of amides is 1. The van der Waals surface area contributed by atoms with Gasteiger partial charge in [-0.2, -0.15) is 0 Å². The number of thioether (sulfide) groups is 1. The number of nitrogens with zero attached hydrogens (tertiary/aromatic N) is 1. The van der Waals surface area contributed by atoms with Crippen LogP contribution in [-0.2, 0) is 14.3 Å². The molecule has 7 heteroatoms. The molecule has 1 aromatic heterocycles. The second kappa shape index (κ2) is 9.23. The minimum absolute atomic E-state index is 0.137. The lowest BCUT2D eigenvalue weighted by Gasteiger charge is -2.06. The molecule has 0 bridgehead atoms. The molecule has 28 heavy (non-hydrogen) atoms. The van der Waals surface area contributed by atoms with Crippen LogP contribution in [0.25, 0.3) is 11.3 Å². The largest absolute Gasteiger partial charge is 0.455 e. The number of aryl methyl sites for hydroxylation is 2. The minimum atomic E-state index is -0.485. The van der Waals surface area contributed by atoms with E-state index in [1.807, 2.05) is 62.4 Å². The van der Waals surface area contributed by atoms with E-state index in [0.29, 0.717) is 5.69 Å². The van der Waals surface area contributed by atoms with Crippen molar-refractivity contribution in [3.05, 3.63) is 65.7 Å². The maximum Gasteiger partial charge on any atom is 0.316 e. The summed E-state index contributed by atoms with van der Waals surface area (Å²) in [5.74, 6) is -0.606. The normalized spacial score (nSPS) is 10.5. The van der Waals surface area contributed by atoms with E-state index < -0.39 is 11.9 Å². The summed E-state index contributed by atoms with van der Waals surface area (Å²) >= 11 is 1.38. The fraction of sp³-hybridized carbons (Fsp3) is 0.190. The standard InChI is InChI=1S/C21H20N2O4S/c1-14-7-9-16(10-8-14)17-11-20(27-23-17)22-19(24)12-26-21(25)13-28-18-6-4-3-5-15(18)2/h3-11H,12-13H2,1-2H3,(H,22,24). The average Bonchev–Trinajstić information content (AvgIpc) is 3.14. The minimum Gasteiger partial charge on any atom is -0.455 e. The number of nitrogens with one attached hydrogen (secondary N) is 1. The quantitative estimate of drug-likeness (QED) is 0.475. The van der Waals surface area contributed by atoms with E-state index in [4.69, 9.17) is 9.26 Å². The van der Waals surface area contributed by atoms with Gasteiger partial charge in [-0.3, -0.25) is 14.9 Å². The van der Waals surface area contributed by atoms with Gasteiger partial charge in [0.15, 0.2) is 6.61 Å². The second-order valence-corrected chi connectivity index (χ2v) is 7.22. The highest BCUT2D eigenvalue weighted by Crippen LogP contribution is 2.23. The van der Waals surface area contributed by atoms with Crippen LogP contribution in [0.2, 0.25) is 0 Å². The van der Waals surface area contributed by atoms with Crippen LogP contribution in [0.1, 0.15) is 11.1 Å². The van der Waals surface area contributed by atoms with Gasteiger partial charge in [0.05, 0.1) is 5.75 Å². The topological polar surface area (TPSA) is 81.4 Å². The highest BCUT2D eigenvalue weighted by molar-refractivity contribution is 8.00. The van der Waals surface area contributed by atoms with E-state index in [1.54, 1.807) is 6.07 Å². The van der Waals surface area contributed by atoms with E-state index in [2.05, 4.69) is 10.5 Å². The molecule has 3 rings (SSSR count). The van der Waals surface area contributed by atoms with Crippen molar-refractivity contribution in [2.24, 2.45) is 0 Å². The lowest BCUT2D eigenvalue weighted by atomic mass is 10.1. The number of carbonyl (C=O) groups is 2. The highest BCUT2D eigenvalue weighted by Gasteiger charge is 2.12. The van der Waals surface area contributed by atoms with Gasteiger partial charge < -0.3 is 9.26 Å². The zero-order valence-electron chi connectivity index (χ0n) is 15.6. The molecule has 1 heterocycles. The number of anilines is 1. The molecular formula is C21H20N2O4S. The molecule has 0 saturated heterocycles. The summed E-state index contributed by atoms with van der Waals surface area (Å²) in [5.41, 5.74) is 3.73. The van der Waals surface area contributed by atoms with E-state index in [-0.39, 0.29) is 18.2 Å². The van der Waals surface area contributed by atoms with Gasteiger partial charge >= 0.3 is 5.97 Å². The Morgan fingerprint density at radius 1 is 1.11 bits per heavy atom. The van der Waals surface area contributed by atoms with Crippen molar-refractivity contribution in [1.82, 2.24) is 5.16 Å². The Bertz CT molecular complexity index is 967. The van der Waals surface area contributed by atoms with Crippen LogP contribution in [0, 0.1) is 13.8 Å². The molecular weight excluding hydrogens is 376 g/mol. The number of rotatable bonds is 7. The van der Waals surface area contributed by atoms with Gasteiger partial charge in [0, 0.05) is 16.5 Å². The van der Waals surface area contributed by atoms with Gasteiger partial charge in [0.1, 0.15) is 5.69 Å². The number of esters is 1. The first kappa shape index (κ1) is 19.7. The molecule has 0 fully saturated rings. The molecule has 0 saturated carbocycles. The van der Waals surface area contributed by atoms with Gasteiger partial charge in [-0.15, -0.1) is 11.8 Å². The molecule has 0 aliphatic carbocycles. The van der Waals surface area contributed by atoms with Crippen LogP contribution >= 0.6 is 11.8 Å². The van der Waals surface area contributed by atoms with Crippen LogP contribution in [-0.4, -0.2) is 29.4 Å². The van der Waals surface area contributed by atoms with Gasteiger partial charge in [-0.25, -0.2) is 0 Å². The van der Waals surface area contributed by atoms with E-state index in [1.165, 1.54) is 11.8 Å². The summed E-state index contributed by atoms with van der Waals surface area (Å²) in [6.07, 6.45) is 0. The lowest BCUT2D eigenvalue weighted by molar-refractivity contribution is -0.144. The maximum atomic E-state index is 12.0. The summed E-state index contributed by atoms with van der Waals surface area (Å²) in [4.78, 5) is 24.8. The van der Waals surface area contributed by atoms with Crippen molar-refractivity contribution < 1.29 is 18.8 Å². The molecule has 6 nitrogen and oxygen atoms in total. The van der Waals surface area contributed by atoms with Crippen LogP contribution in [0.5, 0.6) is 0 Å². The van der Waals surface area contributed by atoms with Crippen molar-refractivity contribution in [2.75, 3.05) is 17.7 Å². The van der Waals surface area contributed by atoms with Crippen molar-refractivity contribution >= 4 is 29.5 Å². The third-order valence-corrected chi connectivity index (χ3v) is 5.07. The number of carbonyl (C=O) groups excluding carboxylic acids is 2. The van der Waals surface area contributed by atoms with Gasteiger partial charge in [-0.05, 0) is 25.5 Å². The van der Waals surface area contributed by atoms with Crippen LogP contribution < -0.4 is 5.32 Å². The van der Waals surface area contributed by atoms with E-state index in [9.17, 15) is 9.59 Å². The summed E-state index contributed by atoms with van der Waals surface area (Å²) in [5, 5.41) is 6.46. The summed E-state index contributed by atoms with van der Waals surface area (Å²) in [6.45, 7) is 3.59. The predicted octanol–water partition coefficient (Wildman–Crippen LogP) is 4.23. The zero-order valence-corrected chi connectivity index (χ0v) is 16.4. The molecule has 144 valence electrons. The zero-order chi connectivity index (χ0) is 19.9. The second-order valence-electron chi connectivity index (χ2n) is 6.21. The van der Waals surface area contributed by atoms with Crippen LogP contribution in [0.15, 0.2) is 64.0 Å². The molecule has 0 spiro atoms. The summed E-state index contributed by atoms with van der Waals surface area (Å²) < 4.78 is 10.1.